The zero-order valence-electron chi connectivity index (χ0n) is 22.6. The van der Waals surface area contributed by atoms with Gasteiger partial charge in [-0.3, -0.25) is 4.79 Å². The summed E-state index contributed by atoms with van der Waals surface area (Å²) in [7, 11) is -3.44. The number of nitrogens with one attached hydrogen (secondary N) is 2. The van der Waals surface area contributed by atoms with Crippen LogP contribution in [0.3, 0.4) is 0 Å². The van der Waals surface area contributed by atoms with Gasteiger partial charge in [0, 0.05) is 37.8 Å². The van der Waals surface area contributed by atoms with Crippen LogP contribution < -0.4 is 10.6 Å². The van der Waals surface area contributed by atoms with E-state index in [1.165, 1.54) is 39.7 Å². The van der Waals surface area contributed by atoms with Crippen LogP contribution in [0.5, 0.6) is 0 Å². The molecule has 4 rings (SSSR count). The third kappa shape index (κ3) is 9.53. The topological polar surface area (TPSA) is 78.5 Å². The second-order valence-electron chi connectivity index (χ2n) is 9.54. The van der Waals surface area contributed by atoms with E-state index in [1.54, 1.807) is 19.1 Å². The number of sulfonamides is 1. The average molecular weight is 558 g/mol. The largest absolute Gasteiger partial charge is 0.352 e. The summed E-state index contributed by atoms with van der Waals surface area (Å²) in [4.78, 5) is 12.5. The number of benzene rings is 3. The summed E-state index contributed by atoms with van der Waals surface area (Å²) >= 11 is 0. The van der Waals surface area contributed by atoms with E-state index < -0.39 is 21.7 Å². The van der Waals surface area contributed by atoms with Gasteiger partial charge in [0.2, 0.25) is 10.0 Å². The molecule has 1 aliphatic rings. The fraction of sp³-hybridized carbons (Fsp3) is 0.367. The lowest BCUT2D eigenvalue weighted by Crippen LogP contribution is -2.28. The predicted molar refractivity (Wildman–Crippen MR) is 150 cm³/mol. The minimum absolute atomic E-state index is 0.184. The van der Waals surface area contributed by atoms with Gasteiger partial charge in [-0.15, -0.1) is 0 Å². The lowest BCUT2D eigenvalue weighted by Gasteiger charge is -2.15. The molecule has 3 aromatic rings. The Hall–Kier alpha value is -3.14. The Balaban J connectivity index is 0.000000395. The van der Waals surface area contributed by atoms with Crippen LogP contribution >= 0.6 is 0 Å². The first-order valence-corrected chi connectivity index (χ1v) is 14.7. The number of amides is 1. The molecule has 6 nitrogen and oxygen atoms in total. The van der Waals surface area contributed by atoms with Crippen LogP contribution in [0.15, 0.2) is 71.6 Å². The third-order valence-electron chi connectivity index (χ3n) is 6.37. The van der Waals surface area contributed by atoms with Gasteiger partial charge in [0.15, 0.2) is 0 Å². The Kier molecular flexibility index (Phi) is 11.6. The van der Waals surface area contributed by atoms with Crippen molar-refractivity contribution in [1.82, 2.24) is 14.9 Å². The molecule has 0 spiro atoms. The van der Waals surface area contributed by atoms with Crippen LogP contribution in [0.1, 0.15) is 53.2 Å². The first kappa shape index (κ1) is 30.4. The van der Waals surface area contributed by atoms with E-state index in [4.69, 9.17) is 0 Å². The van der Waals surface area contributed by atoms with Crippen LogP contribution in [0.2, 0.25) is 0 Å². The smallest absolute Gasteiger partial charge is 0.251 e. The molecular formula is C30H37F2N3O3S. The van der Waals surface area contributed by atoms with E-state index in [0.717, 1.165) is 44.8 Å². The van der Waals surface area contributed by atoms with E-state index in [1.807, 2.05) is 0 Å². The fourth-order valence-corrected chi connectivity index (χ4v) is 5.77. The summed E-state index contributed by atoms with van der Waals surface area (Å²) in [5, 5.41) is 6.29. The molecule has 0 aliphatic carbocycles. The Morgan fingerprint density at radius 2 is 1.54 bits per heavy atom. The van der Waals surface area contributed by atoms with E-state index in [-0.39, 0.29) is 10.8 Å². The summed E-state index contributed by atoms with van der Waals surface area (Å²) in [6, 6.07) is 18.2. The number of aryl methyl sites for hydroxylation is 2. The molecule has 0 radical (unpaired) electrons. The molecule has 2 N–H and O–H groups in total. The molecule has 0 bridgehead atoms. The van der Waals surface area contributed by atoms with Gasteiger partial charge in [-0.1, -0.05) is 31.2 Å². The molecule has 0 atom stereocenters. The molecule has 210 valence electrons. The van der Waals surface area contributed by atoms with Crippen LogP contribution in [0.4, 0.5) is 8.78 Å². The molecule has 1 aliphatic heterocycles. The van der Waals surface area contributed by atoms with Crippen LogP contribution in [0, 0.1) is 18.6 Å². The number of nitrogens with zero attached hydrogens (tertiary/aromatic N) is 1. The number of carbonyl (C=O) groups excluding carboxylic acids is 1. The lowest BCUT2D eigenvalue weighted by molar-refractivity contribution is 0.0953. The van der Waals surface area contributed by atoms with Crippen molar-refractivity contribution >= 4 is 15.9 Å². The zero-order chi connectivity index (χ0) is 28.3. The molecule has 1 heterocycles. The van der Waals surface area contributed by atoms with Gasteiger partial charge in [0.1, 0.15) is 11.6 Å². The predicted octanol–water partition coefficient (Wildman–Crippen LogP) is 5.22. The molecule has 0 aromatic heterocycles. The molecule has 3 aromatic carbocycles. The number of halogens is 2. The maximum absolute atomic E-state index is 12.5. The van der Waals surface area contributed by atoms with E-state index in [9.17, 15) is 22.0 Å². The van der Waals surface area contributed by atoms with Crippen molar-refractivity contribution in [2.75, 3.05) is 26.2 Å². The van der Waals surface area contributed by atoms with Crippen LogP contribution in [0.25, 0.3) is 0 Å². The molecule has 1 saturated heterocycles. The monoisotopic (exact) mass is 557 g/mol. The van der Waals surface area contributed by atoms with Gasteiger partial charge in [-0.05, 0) is 92.2 Å². The number of hydrogen-bond donors (Lipinski definition) is 2. The van der Waals surface area contributed by atoms with Crippen molar-refractivity contribution in [2.24, 2.45) is 0 Å². The second-order valence-corrected chi connectivity index (χ2v) is 11.5. The Morgan fingerprint density at radius 3 is 2.15 bits per heavy atom. The van der Waals surface area contributed by atoms with E-state index >= 15 is 0 Å². The number of carbonyl (C=O) groups is 1. The highest BCUT2D eigenvalue weighted by molar-refractivity contribution is 7.89. The quantitative estimate of drug-likeness (QED) is 0.335. The van der Waals surface area contributed by atoms with Crippen LogP contribution in [-0.2, 0) is 23.0 Å². The van der Waals surface area contributed by atoms with Gasteiger partial charge in [0.05, 0.1) is 4.90 Å². The maximum atomic E-state index is 12.5. The van der Waals surface area contributed by atoms with Crippen molar-refractivity contribution in [2.45, 2.75) is 51.0 Å². The highest BCUT2D eigenvalue weighted by Crippen LogP contribution is 2.21. The lowest BCUT2D eigenvalue weighted by atomic mass is 10.1. The van der Waals surface area contributed by atoms with Gasteiger partial charge in [0.25, 0.3) is 5.91 Å². The molecule has 9 heteroatoms. The Labute approximate surface area is 230 Å². The molecular weight excluding hydrogens is 520 g/mol. The highest BCUT2D eigenvalue weighted by Gasteiger charge is 2.27. The Morgan fingerprint density at radius 1 is 0.897 bits per heavy atom. The Bertz CT molecular complexity index is 1280. The second kappa shape index (κ2) is 14.9. The molecule has 0 saturated carbocycles. The normalized spacial score (nSPS) is 13.5. The van der Waals surface area contributed by atoms with Crippen molar-refractivity contribution in [3.05, 3.63) is 101 Å². The zero-order valence-corrected chi connectivity index (χ0v) is 23.4. The minimum Gasteiger partial charge on any atom is -0.352 e. The molecule has 0 unspecified atom stereocenters. The summed E-state index contributed by atoms with van der Waals surface area (Å²) in [6.07, 6.45) is 3.66. The minimum atomic E-state index is -3.44. The van der Waals surface area contributed by atoms with Crippen molar-refractivity contribution in [3.8, 4) is 0 Å². The summed E-state index contributed by atoms with van der Waals surface area (Å²) in [5.41, 5.74) is 3.68. The summed E-state index contributed by atoms with van der Waals surface area (Å²) in [6.45, 7) is 7.12. The average Bonchev–Trinajstić information content (AvgIpc) is 3.46. The van der Waals surface area contributed by atoms with Gasteiger partial charge in [-0.2, -0.15) is 4.31 Å². The SMILES string of the molecule is CCc1cccc(CNCCCNC(=O)c2ccc(S(=O)(=O)N3CCCC3)cc2)c1.Cc1cc(F)cc(F)c1. The van der Waals surface area contributed by atoms with Crippen molar-refractivity contribution in [1.29, 1.82) is 0 Å². The molecule has 39 heavy (non-hydrogen) atoms. The summed E-state index contributed by atoms with van der Waals surface area (Å²) < 4.78 is 51.0. The fourth-order valence-electron chi connectivity index (χ4n) is 4.26. The third-order valence-corrected chi connectivity index (χ3v) is 8.28. The molecule has 1 amide bonds. The van der Waals surface area contributed by atoms with Crippen LogP contribution in [-0.4, -0.2) is 44.8 Å². The maximum Gasteiger partial charge on any atom is 0.251 e. The van der Waals surface area contributed by atoms with Gasteiger partial charge in [-0.25, -0.2) is 17.2 Å². The van der Waals surface area contributed by atoms with Crippen molar-refractivity contribution < 1.29 is 22.0 Å². The van der Waals surface area contributed by atoms with Crippen molar-refractivity contribution in [3.63, 3.8) is 0 Å². The number of hydrogen-bond acceptors (Lipinski definition) is 4. The van der Waals surface area contributed by atoms with E-state index in [0.29, 0.717) is 30.8 Å². The van der Waals surface area contributed by atoms with E-state index in [2.05, 4.69) is 41.8 Å². The molecule has 1 fully saturated rings. The first-order chi connectivity index (χ1) is 18.7. The summed E-state index contributed by atoms with van der Waals surface area (Å²) in [5.74, 6) is -1.23. The number of rotatable bonds is 10. The van der Waals surface area contributed by atoms with Gasteiger partial charge >= 0.3 is 0 Å². The van der Waals surface area contributed by atoms with Gasteiger partial charge < -0.3 is 10.6 Å². The first-order valence-electron chi connectivity index (χ1n) is 13.3. The standard InChI is InChI=1S/C23H31N3O3S.C7H6F2/c1-2-19-7-5-8-20(17-19)18-24-13-6-14-25-23(27)21-9-11-22(12-10-21)30(28,29)26-15-3-4-16-26;1-5-2-6(8)4-7(9)3-5/h5,7-12,17,24H,2-4,6,13-16,18H2,1H3,(H,25,27);2-4H,1H3. The highest BCUT2D eigenvalue weighted by atomic mass is 32.2.